The quantitative estimate of drug-likeness (QED) is 0.805. The van der Waals surface area contributed by atoms with Crippen LogP contribution in [0, 0.1) is 12.3 Å². The zero-order valence-electron chi connectivity index (χ0n) is 8.56. The molecule has 16 heavy (non-hydrogen) atoms. The number of methoxy groups -OCH3 is 1. The van der Waals surface area contributed by atoms with Crippen molar-refractivity contribution < 1.29 is 17.9 Å². The Morgan fingerprint density at radius 3 is 2.62 bits per heavy atom. The molecule has 0 bridgehead atoms. The second kappa shape index (κ2) is 4.79. The van der Waals surface area contributed by atoms with Crippen molar-refractivity contribution in [3.05, 3.63) is 23.8 Å². The molecule has 5 heteroatoms. The van der Waals surface area contributed by atoms with Gasteiger partial charge in [-0.1, -0.05) is 5.92 Å². The summed E-state index contributed by atoms with van der Waals surface area (Å²) in [5.74, 6) is 2.37. The second-order valence-corrected chi connectivity index (χ2v) is 2.97. The number of alkyl halides is 3. The number of hydrogen-bond donors (Lipinski definition) is 1. The molecule has 0 fully saturated rings. The summed E-state index contributed by atoms with van der Waals surface area (Å²) in [5.41, 5.74) is -0.839. The largest absolute Gasteiger partial charge is 0.497 e. The number of nitrogens with one attached hydrogen (secondary N) is 1. The van der Waals surface area contributed by atoms with E-state index in [2.05, 4.69) is 11.2 Å². The van der Waals surface area contributed by atoms with Crippen LogP contribution in [0.15, 0.2) is 18.2 Å². The van der Waals surface area contributed by atoms with Gasteiger partial charge in [0.15, 0.2) is 0 Å². The zero-order chi connectivity index (χ0) is 12.2. The lowest BCUT2D eigenvalue weighted by atomic mass is 10.1. The molecule has 0 radical (unpaired) electrons. The fourth-order valence-corrected chi connectivity index (χ4v) is 1.19. The first-order valence-electron chi connectivity index (χ1n) is 4.41. The topological polar surface area (TPSA) is 21.3 Å². The van der Waals surface area contributed by atoms with Crippen molar-refractivity contribution in [2.75, 3.05) is 19.0 Å². The lowest BCUT2D eigenvalue weighted by molar-refractivity contribution is -0.137. The molecule has 1 N–H and O–H groups in total. The molecule has 0 heterocycles. The van der Waals surface area contributed by atoms with E-state index in [0.717, 1.165) is 6.07 Å². The van der Waals surface area contributed by atoms with E-state index in [9.17, 15) is 13.2 Å². The third kappa shape index (κ3) is 2.83. The standard InChI is InChI=1S/C11H10F3NO/c1-3-6-15-10-5-4-8(16-2)7-9(10)11(12,13)14/h1,4-5,7,15H,6H2,2H3. The van der Waals surface area contributed by atoms with Gasteiger partial charge in [-0.25, -0.2) is 0 Å². The van der Waals surface area contributed by atoms with Crippen molar-refractivity contribution in [1.82, 2.24) is 0 Å². The van der Waals surface area contributed by atoms with E-state index in [-0.39, 0.29) is 18.0 Å². The van der Waals surface area contributed by atoms with Gasteiger partial charge in [0.05, 0.1) is 19.2 Å². The fourth-order valence-electron chi connectivity index (χ4n) is 1.19. The summed E-state index contributed by atoms with van der Waals surface area (Å²) < 4.78 is 42.7. The molecule has 0 aliphatic rings. The van der Waals surface area contributed by atoms with Crippen molar-refractivity contribution >= 4 is 5.69 Å². The summed E-state index contributed by atoms with van der Waals surface area (Å²) in [6.07, 6.45) is 0.534. The average molecular weight is 229 g/mol. The van der Waals surface area contributed by atoms with Crippen LogP contribution in [-0.4, -0.2) is 13.7 Å². The maximum absolute atomic E-state index is 12.6. The molecule has 0 saturated heterocycles. The van der Waals surface area contributed by atoms with E-state index in [1.807, 2.05) is 0 Å². The van der Waals surface area contributed by atoms with Crippen LogP contribution in [0.5, 0.6) is 5.75 Å². The monoisotopic (exact) mass is 229 g/mol. The second-order valence-electron chi connectivity index (χ2n) is 2.97. The maximum atomic E-state index is 12.6. The van der Waals surface area contributed by atoms with Gasteiger partial charge in [0.1, 0.15) is 5.75 Å². The number of rotatable bonds is 3. The molecule has 0 aliphatic carbocycles. The SMILES string of the molecule is C#CCNc1ccc(OC)cc1C(F)(F)F. The van der Waals surface area contributed by atoms with Gasteiger partial charge in [-0.2, -0.15) is 13.2 Å². The Labute approximate surface area is 91.4 Å². The number of hydrogen-bond acceptors (Lipinski definition) is 2. The maximum Gasteiger partial charge on any atom is 0.418 e. The summed E-state index contributed by atoms with van der Waals surface area (Å²) in [7, 11) is 1.31. The third-order valence-electron chi connectivity index (χ3n) is 1.91. The van der Waals surface area contributed by atoms with Gasteiger partial charge in [0, 0.05) is 5.69 Å². The molecule has 0 spiro atoms. The van der Waals surface area contributed by atoms with Gasteiger partial charge < -0.3 is 10.1 Å². The highest BCUT2D eigenvalue weighted by Crippen LogP contribution is 2.36. The Hall–Kier alpha value is -1.83. The molecule has 1 aromatic carbocycles. The lowest BCUT2D eigenvalue weighted by Gasteiger charge is -2.14. The minimum atomic E-state index is -4.44. The van der Waals surface area contributed by atoms with E-state index in [0.29, 0.717) is 0 Å². The highest BCUT2D eigenvalue weighted by molar-refractivity contribution is 5.56. The summed E-state index contributed by atoms with van der Waals surface area (Å²) in [5, 5.41) is 2.51. The average Bonchev–Trinajstić information content (AvgIpc) is 2.25. The van der Waals surface area contributed by atoms with Crippen LogP contribution in [0.4, 0.5) is 18.9 Å². The number of halogens is 3. The van der Waals surface area contributed by atoms with Crippen molar-refractivity contribution in [3.8, 4) is 18.1 Å². The summed E-state index contributed by atoms with van der Waals surface area (Å²) >= 11 is 0. The Balaban J connectivity index is 3.12. The van der Waals surface area contributed by atoms with Crippen LogP contribution in [0.2, 0.25) is 0 Å². The molecule has 0 aromatic heterocycles. The number of benzene rings is 1. The number of ether oxygens (including phenoxy) is 1. The Morgan fingerprint density at radius 1 is 1.44 bits per heavy atom. The number of anilines is 1. The van der Waals surface area contributed by atoms with Crippen molar-refractivity contribution in [2.24, 2.45) is 0 Å². The molecular weight excluding hydrogens is 219 g/mol. The Kier molecular flexibility index (Phi) is 3.67. The zero-order valence-corrected chi connectivity index (χ0v) is 8.56. The van der Waals surface area contributed by atoms with Crippen molar-refractivity contribution in [2.45, 2.75) is 6.18 Å². The molecule has 0 aliphatic heterocycles. The van der Waals surface area contributed by atoms with Gasteiger partial charge >= 0.3 is 6.18 Å². The first kappa shape index (κ1) is 12.2. The molecule has 2 nitrogen and oxygen atoms in total. The molecule has 0 saturated carbocycles. The van der Waals surface area contributed by atoms with Crippen LogP contribution < -0.4 is 10.1 Å². The normalized spacial score (nSPS) is 10.7. The summed E-state index contributed by atoms with van der Waals surface area (Å²) in [6, 6.07) is 3.66. The van der Waals surface area contributed by atoms with E-state index in [1.54, 1.807) is 0 Å². The first-order valence-corrected chi connectivity index (χ1v) is 4.41. The fraction of sp³-hybridized carbons (Fsp3) is 0.273. The van der Waals surface area contributed by atoms with Gasteiger partial charge in [0.25, 0.3) is 0 Å². The van der Waals surface area contributed by atoms with Crippen LogP contribution in [-0.2, 0) is 6.18 Å². The lowest BCUT2D eigenvalue weighted by Crippen LogP contribution is -2.11. The van der Waals surface area contributed by atoms with Crippen molar-refractivity contribution in [1.29, 1.82) is 0 Å². The van der Waals surface area contributed by atoms with Crippen LogP contribution >= 0.6 is 0 Å². The third-order valence-corrected chi connectivity index (χ3v) is 1.91. The smallest absolute Gasteiger partial charge is 0.418 e. The van der Waals surface area contributed by atoms with E-state index in [4.69, 9.17) is 11.2 Å². The van der Waals surface area contributed by atoms with Gasteiger partial charge in [-0.15, -0.1) is 6.42 Å². The molecule has 1 aromatic rings. The molecule has 1 rings (SSSR count). The molecule has 0 atom stereocenters. The highest BCUT2D eigenvalue weighted by atomic mass is 19.4. The predicted octanol–water partition coefficient (Wildman–Crippen LogP) is 2.76. The van der Waals surface area contributed by atoms with E-state index in [1.165, 1.54) is 19.2 Å². The molecular formula is C11H10F3NO. The number of terminal acetylenes is 1. The summed E-state index contributed by atoms with van der Waals surface area (Å²) in [6.45, 7) is 0.0371. The Bertz CT molecular complexity index is 407. The summed E-state index contributed by atoms with van der Waals surface area (Å²) in [4.78, 5) is 0. The van der Waals surface area contributed by atoms with Gasteiger partial charge in [-0.3, -0.25) is 0 Å². The molecule has 0 amide bonds. The van der Waals surface area contributed by atoms with Crippen LogP contribution in [0.25, 0.3) is 0 Å². The molecule has 0 unspecified atom stereocenters. The minimum absolute atomic E-state index is 0.0371. The van der Waals surface area contributed by atoms with E-state index < -0.39 is 11.7 Å². The first-order chi connectivity index (χ1) is 7.49. The minimum Gasteiger partial charge on any atom is -0.497 e. The predicted molar refractivity (Wildman–Crippen MR) is 55.3 cm³/mol. The Morgan fingerprint density at radius 2 is 2.12 bits per heavy atom. The van der Waals surface area contributed by atoms with E-state index >= 15 is 0 Å². The van der Waals surface area contributed by atoms with Crippen LogP contribution in [0.3, 0.4) is 0 Å². The highest BCUT2D eigenvalue weighted by Gasteiger charge is 2.33. The van der Waals surface area contributed by atoms with Gasteiger partial charge in [0.2, 0.25) is 0 Å². The van der Waals surface area contributed by atoms with Crippen LogP contribution in [0.1, 0.15) is 5.56 Å². The van der Waals surface area contributed by atoms with Gasteiger partial charge in [-0.05, 0) is 18.2 Å². The van der Waals surface area contributed by atoms with Crippen molar-refractivity contribution in [3.63, 3.8) is 0 Å². The molecule has 86 valence electrons.